The van der Waals surface area contributed by atoms with E-state index in [1.54, 1.807) is 0 Å². The van der Waals surface area contributed by atoms with E-state index in [2.05, 4.69) is 0 Å². The Morgan fingerprint density at radius 3 is 2.69 bits per heavy atom. The van der Waals surface area contributed by atoms with Crippen LogP contribution in [0.4, 0.5) is 0 Å². The molecule has 0 aliphatic carbocycles. The van der Waals surface area contributed by atoms with Gasteiger partial charge in [0.25, 0.3) is 0 Å². The molecule has 0 unspecified atom stereocenters. The molecular formula is C13H13ClO2. The first-order valence-corrected chi connectivity index (χ1v) is 5.69. The zero-order chi connectivity index (χ0) is 11.4. The van der Waals surface area contributed by atoms with E-state index in [9.17, 15) is 5.11 Å². The highest BCUT2D eigenvalue weighted by Crippen LogP contribution is 2.25. The lowest BCUT2D eigenvalue weighted by molar-refractivity contribution is 0.126. The van der Waals surface area contributed by atoms with Gasteiger partial charge in [-0.3, -0.25) is 0 Å². The summed E-state index contributed by atoms with van der Waals surface area (Å²) in [6, 6.07) is 13.8. The number of rotatable bonds is 4. The van der Waals surface area contributed by atoms with Crippen molar-refractivity contribution in [2.75, 3.05) is 12.5 Å². The molecule has 0 fully saturated rings. The van der Waals surface area contributed by atoms with Crippen molar-refractivity contribution in [3.8, 4) is 5.75 Å². The molecule has 2 aromatic rings. The average Bonchev–Trinajstić information content (AvgIpc) is 2.35. The minimum absolute atomic E-state index is 0.185. The quantitative estimate of drug-likeness (QED) is 0.828. The number of fused-ring (bicyclic) bond motifs is 1. The predicted molar refractivity (Wildman–Crippen MR) is 66.2 cm³/mol. The van der Waals surface area contributed by atoms with E-state index < -0.39 is 6.10 Å². The summed E-state index contributed by atoms with van der Waals surface area (Å²) < 4.78 is 5.54. The number of aliphatic hydroxyl groups excluding tert-OH is 1. The third-order valence-corrected chi connectivity index (χ3v) is 2.72. The summed E-state index contributed by atoms with van der Waals surface area (Å²) in [5.41, 5.74) is 0. The summed E-state index contributed by atoms with van der Waals surface area (Å²) in [4.78, 5) is 0. The molecule has 0 amide bonds. The van der Waals surface area contributed by atoms with E-state index in [0.717, 1.165) is 16.5 Å². The minimum Gasteiger partial charge on any atom is -0.490 e. The van der Waals surface area contributed by atoms with Crippen molar-refractivity contribution in [1.82, 2.24) is 0 Å². The molecule has 2 rings (SSSR count). The summed E-state index contributed by atoms with van der Waals surface area (Å²) in [5, 5.41) is 11.5. The first-order chi connectivity index (χ1) is 7.81. The van der Waals surface area contributed by atoms with E-state index in [1.165, 1.54) is 0 Å². The highest BCUT2D eigenvalue weighted by atomic mass is 35.5. The molecule has 16 heavy (non-hydrogen) atoms. The number of aliphatic hydroxyl groups is 1. The molecule has 0 saturated carbocycles. The van der Waals surface area contributed by atoms with E-state index in [1.807, 2.05) is 42.5 Å². The van der Waals surface area contributed by atoms with Gasteiger partial charge in [-0.2, -0.15) is 0 Å². The van der Waals surface area contributed by atoms with Crippen LogP contribution in [0.1, 0.15) is 0 Å². The van der Waals surface area contributed by atoms with Crippen molar-refractivity contribution >= 4 is 22.4 Å². The zero-order valence-corrected chi connectivity index (χ0v) is 9.52. The molecule has 0 aromatic heterocycles. The molecule has 1 atom stereocenters. The van der Waals surface area contributed by atoms with Crippen LogP contribution in [0.5, 0.6) is 5.75 Å². The molecule has 84 valence electrons. The van der Waals surface area contributed by atoms with Crippen LogP contribution in [-0.2, 0) is 0 Å². The fraction of sp³-hybridized carbons (Fsp3) is 0.231. The number of hydrogen-bond donors (Lipinski definition) is 1. The van der Waals surface area contributed by atoms with Crippen molar-refractivity contribution in [2.45, 2.75) is 6.10 Å². The maximum absolute atomic E-state index is 9.33. The molecule has 2 aromatic carbocycles. The lowest BCUT2D eigenvalue weighted by Gasteiger charge is -2.11. The second kappa shape index (κ2) is 5.19. The van der Waals surface area contributed by atoms with Gasteiger partial charge in [0.2, 0.25) is 0 Å². The maximum atomic E-state index is 9.33. The Morgan fingerprint density at radius 2 is 1.88 bits per heavy atom. The van der Waals surface area contributed by atoms with Gasteiger partial charge in [-0.05, 0) is 11.5 Å². The summed E-state index contributed by atoms with van der Waals surface area (Å²) in [6.07, 6.45) is -0.624. The Bertz CT molecular complexity index is 465. The normalized spacial score (nSPS) is 12.6. The monoisotopic (exact) mass is 236 g/mol. The average molecular weight is 237 g/mol. The number of ether oxygens (including phenoxy) is 1. The van der Waals surface area contributed by atoms with E-state index in [4.69, 9.17) is 16.3 Å². The van der Waals surface area contributed by atoms with Crippen LogP contribution >= 0.6 is 11.6 Å². The second-order valence-electron chi connectivity index (χ2n) is 3.60. The Kier molecular flexibility index (Phi) is 3.65. The Hall–Kier alpha value is -1.25. The summed E-state index contributed by atoms with van der Waals surface area (Å²) in [5.74, 6) is 0.965. The highest BCUT2D eigenvalue weighted by molar-refractivity contribution is 6.18. The minimum atomic E-state index is -0.624. The lowest BCUT2D eigenvalue weighted by Crippen LogP contribution is -2.18. The van der Waals surface area contributed by atoms with Crippen LogP contribution in [-0.4, -0.2) is 23.7 Å². The fourth-order valence-electron chi connectivity index (χ4n) is 1.55. The fourth-order valence-corrected chi connectivity index (χ4v) is 1.64. The van der Waals surface area contributed by atoms with Gasteiger partial charge in [0.05, 0.1) is 5.88 Å². The molecule has 0 bridgehead atoms. The molecule has 0 radical (unpaired) electrons. The van der Waals surface area contributed by atoms with Crippen molar-refractivity contribution in [3.63, 3.8) is 0 Å². The van der Waals surface area contributed by atoms with Crippen LogP contribution in [0.15, 0.2) is 42.5 Å². The third kappa shape index (κ3) is 2.46. The van der Waals surface area contributed by atoms with Gasteiger partial charge in [-0.25, -0.2) is 0 Å². The molecule has 2 nitrogen and oxygen atoms in total. The molecule has 0 aliphatic rings. The second-order valence-corrected chi connectivity index (χ2v) is 3.91. The third-order valence-electron chi connectivity index (χ3n) is 2.36. The number of benzene rings is 2. The van der Waals surface area contributed by atoms with E-state index in [0.29, 0.717) is 0 Å². The number of alkyl halides is 1. The van der Waals surface area contributed by atoms with Gasteiger partial charge in [0.1, 0.15) is 18.5 Å². The molecule has 3 heteroatoms. The predicted octanol–water partition coefficient (Wildman–Crippen LogP) is 2.82. The van der Waals surface area contributed by atoms with Crippen LogP contribution in [0.3, 0.4) is 0 Å². The SMILES string of the molecule is O[C@@H](CCl)COc1cccc2ccccc12. The van der Waals surface area contributed by atoms with Crippen molar-refractivity contribution in [3.05, 3.63) is 42.5 Å². The number of hydrogen-bond acceptors (Lipinski definition) is 2. The molecule has 0 spiro atoms. The molecule has 1 N–H and O–H groups in total. The van der Waals surface area contributed by atoms with Crippen LogP contribution in [0.2, 0.25) is 0 Å². The van der Waals surface area contributed by atoms with Gasteiger partial charge < -0.3 is 9.84 Å². The van der Waals surface area contributed by atoms with Crippen LogP contribution in [0.25, 0.3) is 10.8 Å². The van der Waals surface area contributed by atoms with Gasteiger partial charge in [-0.1, -0.05) is 36.4 Å². The zero-order valence-electron chi connectivity index (χ0n) is 8.77. The Labute approximate surface area is 99.4 Å². The molecule has 0 aliphatic heterocycles. The summed E-state index contributed by atoms with van der Waals surface area (Å²) in [6.45, 7) is 0.220. The van der Waals surface area contributed by atoms with Crippen molar-refractivity contribution < 1.29 is 9.84 Å². The van der Waals surface area contributed by atoms with Gasteiger partial charge in [-0.15, -0.1) is 11.6 Å². The van der Waals surface area contributed by atoms with Gasteiger partial charge in [0, 0.05) is 5.39 Å². The molecular weight excluding hydrogens is 224 g/mol. The summed E-state index contributed by atoms with van der Waals surface area (Å²) in [7, 11) is 0. The Morgan fingerprint density at radius 1 is 1.12 bits per heavy atom. The largest absolute Gasteiger partial charge is 0.490 e. The maximum Gasteiger partial charge on any atom is 0.127 e. The lowest BCUT2D eigenvalue weighted by atomic mass is 10.1. The molecule has 0 saturated heterocycles. The van der Waals surface area contributed by atoms with E-state index in [-0.39, 0.29) is 12.5 Å². The van der Waals surface area contributed by atoms with Gasteiger partial charge in [0.15, 0.2) is 0 Å². The first-order valence-electron chi connectivity index (χ1n) is 5.16. The highest BCUT2D eigenvalue weighted by Gasteiger charge is 2.05. The van der Waals surface area contributed by atoms with Gasteiger partial charge >= 0.3 is 0 Å². The first kappa shape index (κ1) is 11.2. The van der Waals surface area contributed by atoms with Crippen molar-refractivity contribution in [2.24, 2.45) is 0 Å². The van der Waals surface area contributed by atoms with Crippen LogP contribution < -0.4 is 4.74 Å². The number of halogens is 1. The van der Waals surface area contributed by atoms with E-state index >= 15 is 0 Å². The Balaban J connectivity index is 2.23. The van der Waals surface area contributed by atoms with Crippen molar-refractivity contribution in [1.29, 1.82) is 0 Å². The smallest absolute Gasteiger partial charge is 0.127 e. The molecule has 0 heterocycles. The standard InChI is InChI=1S/C13H13ClO2/c14-8-11(15)9-16-13-7-3-5-10-4-1-2-6-12(10)13/h1-7,11,15H,8-9H2/t11-/m0/s1. The van der Waals surface area contributed by atoms with Crippen LogP contribution in [0, 0.1) is 0 Å². The summed E-state index contributed by atoms with van der Waals surface area (Å²) >= 11 is 5.51. The topological polar surface area (TPSA) is 29.5 Å².